The van der Waals surface area contributed by atoms with Crippen molar-refractivity contribution in [1.82, 2.24) is 29.7 Å². The second-order valence-corrected chi connectivity index (χ2v) is 6.28. The first-order valence-corrected chi connectivity index (χ1v) is 8.92. The predicted octanol–water partition coefficient (Wildman–Crippen LogP) is 1.28. The molecule has 10 nitrogen and oxygen atoms in total. The molecular formula is C19H18N6O4. The number of esters is 1. The Morgan fingerprint density at radius 2 is 2.10 bits per heavy atom. The molecule has 0 aliphatic rings. The van der Waals surface area contributed by atoms with Crippen LogP contribution in [0.2, 0.25) is 0 Å². The van der Waals surface area contributed by atoms with Crippen LogP contribution in [0.1, 0.15) is 17.4 Å². The standard InChI is InChI=1S/C19H18N6O4/c1-3-29-14(26)9-20-19(28)16-17(27)12-6-4-5-11(13-7-8-24(2)23-13)15(12)18-21-10-22-25(16)18/h4-8,10,27H,3,9H2,1-2H3,(H,20,28). The van der Waals surface area contributed by atoms with Crippen LogP contribution in [0.4, 0.5) is 0 Å². The van der Waals surface area contributed by atoms with Gasteiger partial charge in [0.15, 0.2) is 17.1 Å². The molecule has 10 heteroatoms. The molecule has 29 heavy (non-hydrogen) atoms. The predicted molar refractivity (Wildman–Crippen MR) is 103 cm³/mol. The van der Waals surface area contributed by atoms with Crippen LogP contribution in [0.25, 0.3) is 27.7 Å². The summed E-state index contributed by atoms with van der Waals surface area (Å²) in [6.45, 7) is 1.56. The Bertz CT molecular complexity index is 1240. The molecule has 0 spiro atoms. The highest BCUT2D eigenvalue weighted by molar-refractivity contribution is 6.11. The molecule has 3 heterocycles. The maximum atomic E-state index is 12.7. The number of nitrogens with one attached hydrogen (secondary N) is 1. The lowest BCUT2D eigenvalue weighted by molar-refractivity contribution is -0.141. The Morgan fingerprint density at radius 3 is 2.83 bits per heavy atom. The first kappa shape index (κ1) is 18.4. The molecule has 1 amide bonds. The lowest BCUT2D eigenvalue weighted by Crippen LogP contribution is -2.32. The number of aromatic hydroxyl groups is 1. The summed E-state index contributed by atoms with van der Waals surface area (Å²) in [5.41, 5.74) is 1.71. The summed E-state index contributed by atoms with van der Waals surface area (Å²) >= 11 is 0. The van der Waals surface area contributed by atoms with Crippen molar-refractivity contribution in [2.24, 2.45) is 7.05 Å². The fourth-order valence-electron chi connectivity index (χ4n) is 3.22. The zero-order chi connectivity index (χ0) is 20.5. The van der Waals surface area contributed by atoms with Crippen LogP contribution in [0.5, 0.6) is 5.75 Å². The molecule has 0 bridgehead atoms. The fraction of sp³-hybridized carbons (Fsp3) is 0.211. The second kappa shape index (κ2) is 7.23. The average molecular weight is 394 g/mol. The molecule has 0 unspecified atom stereocenters. The number of carbonyl (C=O) groups is 2. The lowest BCUT2D eigenvalue weighted by atomic mass is 10.0. The fourth-order valence-corrected chi connectivity index (χ4v) is 3.22. The smallest absolute Gasteiger partial charge is 0.325 e. The SMILES string of the molecule is CCOC(=O)CNC(=O)c1c(O)c2cccc(-c3ccn(C)n3)c2c2ncnn12. The number of benzene rings is 1. The van der Waals surface area contributed by atoms with E-state index in [-0.39, 0.29) is 24.6 Å². The van der Waals surface area contributed by atoms with Crippen molar-refractivity contribution in [1.29, 1.82) is 0 Å². The van der Waals surface area contributed by atoms with E-state index < -0.39 is 11.9 Å². The van der Waals surface area contributed by atoms with Crippen molar-refractivity contribution in [3.8, 4) is 17.0 Å². The zero-order valence-corrected chi connectivity index (χ0v) is 15.8. The van der Waals surface area contributed by atoms with Gasteiger partial charge in [0.05, 0.1) is 12.3 Å². The van der Waals surface area contributed by atoms with Crippen LogP contribution in [-0.2, 0) is 16.6 Å². The molecule has 148 valence electrons. The van der Waals surface area contributed by atoms with Gasteiger partial charge in [0.25, 0.3) is 5.91 Å². The number of aromatic nitrogens is 5. The van der Waals surface area contributed by atoms with E-state index in [0.29, 0.717) is 22.1 Å². The topological polar surface area (TPSA) is 124 Å². The Kier molecular flexibility index (Phi) is 4.59. The summed E-state index contributed by atoms with van der Waals surface area (Å²) in [7, 11) is 1.81. The van der Waals surface area contributed by atoms with Gasteiger partial charge in [-0.05, 0) is 13.0 Å². The van der Waals surface area contributed by atoms with Gasteiger partial charge in [-0.25, -0.2) is 9.50 Å². The van der Waals surface area contributed by atoms with Gasteiger partial charge in [-0.3, -0.25) is 14.3 Å². The number of hydrogen-bond donors (Lipinski definition) is 2. The maximum Gasteiger partial charge on any atom is 0.325 e. The third kappa shape index (κ3) is 3.14. The maximum absolute atomic E-state index is 12.7. The molecule has 0 saturated carbocycles. The van der Waals surface area contributed by atoms with E-state index in [1.165, 1.54) is 10.8 Å². The molecule has 3 aromatic heterocycles. The van der Waals surface area contributed by atoms with E-state index >= 15 is 0 Å². The van der Waals surface area contributed by atoms with Crippen LogP contribution in [-0.4, -0.2) is 54.5 Å². The van der Waals surface area contributed by atoms with Gasteiger partial charge in [-0.1, -0.05) is 18.2 Å². The number of pyridine rings is 1. The summed E-state index contributed by atoms with van der Waals surface area (Å²) in [5, 5.41) is 22.9. The normalized spacial score (nSPS) is 11.1. The summed E-state index contributed by atoms with van der Waals surface area (Å²) in [6, 6.07) is 7.16. The number of aryl methyl sites for hydroxylation is 1. The summed E-state index contributed by atoms with van der Waals surface area (Å²) in [5.74, 6) is -1.51. The van der Waals surface area contributed by atoms with Crippen LogP contribution in [0.15, 0.2) is 36.8 Å². The molecule has 0 atom stereocenters. The van der Waals surface area contributed by atoms with Gasteiger partial charge in [-0.15, -0.1) is 0 Å². The van der Waals surface area contributed by atoms with Crippen LogP contribution in [0, 0.1) is 0 Å². The first-order chi connectivity index (χ1) is 14.0. The van der Waals surface area contributed by atoms with E-state index in [1.54, 1.807) is 23.7 Å². The number of carbonyl (C=O) groups excluding carboxylic acids is 2. The highest BCUT2D eigenvalue weighted by Crippen LogP contribution is 2.37. The summed E-state index contributed by atoms with van der Waals surface area (Å²) < 4.78 is 7.74. The van der Waals surface area contributed by atoms with E-state index in [2.05, 4.69) is 20.5 Å². The lowest BCUT2D eigenvalue weighted by Gasteiger charge is -2.13. The molecule has 4 aromatic rings. The van der Waals surface area contributed by atoms with E-state index in [9.17, 15) is 14.7 Å². The van der Waals surface area contributed by atoms with Gasteiger partial charge in [-0.2, -0.15) is 10.2 Å². The number of ether oxygens (including phenoxy) is 1. The van der Waals surface area contributed by atoms with E-state index in [1.807, 2.05) is 25.4 Å². The van der Waals surface area contributed by atoms with Crippen molar-refractivity contribution >= 4 is 28.3 Å². The minimum absolute atomic E-state index is 0.118. The molecule has 0 aliphatic heterocycles. The van der Waals surface area contributed by atoms with Crippen molar-refractivity contribution in [2.45, 2.75) is 6.92 Å². The summed E-state index contributed by atoms with van der Waals surface area (Å²) in [4.78, 5) is 28.5. The van der Waals surface area contributed by atoms with Crippen molar-refractivity contribution in [3.05, 3.63) is 42.5 Å². The average Bonchev–Trinajstić information content (AvgIpc) is 3.35. The molecule has 0 saturated heterocycles. The number of hydrogen-bond acceptors (Lipinski definition) is 7. The molecular weight excluding hydrogens is 376 g/mol. The summed E-state index contributed by atoms with van der Waals surface area (Å²) in [6.07, 6.45) is 3.11. The Hall–Kier alpha value is -3.95. The molecule has 0 aliphatic carbocycles. The number of fused-ring (bicyclic) bond motifs is 3. The van der Waals surface area contributed by atoms with Crippen molar-refractivity contribution in [3.63, 3.8) is 0 Å². The van der Waals surface area contributed by atoms with Gasteiger partial charge in [0.1, 0.15) is 12.9 Å². The molecule has 0 radical (unpaired) electrons. The number of amides is 1. The minimum Gasteiger partial charge on any atom is -0.505 e. The van der Waals surface area contributed by atoms with Crippen LogP contribution in [0.3, 0.4) is 0 Å². The highest BCUT2D eigenvalue weighted by Gasteiger charge is 2.24. The largest absolute Gasteiger partial charge is 0.505 e. The van der Waals surface area contributed by atoms with Crippen LogP contribution >= 0.6 is 0 Å². The van der Waals surface area contributed by atoms with E-state index in [0.717, 1.165) is 5.56 Å². The van der Waals surface area contributed by atoms with Crippen LogP contribution < -0.4 is 5.32 Å². The van der Waals surface area contributed by atoms with Gasteiger partial charge in [0.2, 0.25) is 0 Å². The third-order valence-electron chi connectivity index (χ3n) is 4.43. The zero-order valence-electron chi connectivity index (χ0n) is 15.8. The van der Waals surface area contributed by atoms with Gasteiger partial charge < -0.3 is 15.2 Å². The Balaban J connectivity index is 1.88. The number of rotatable bonds is 5. The molecule has 4 rings (SSSR count). The van der Waals surface area contributed by atoms with Gasteiger partial charge >= 0.3 is 5.97 Å². The van der Waals surface area contributed by atoms with Crippen molar-refractivity contribution < 1.29 is 19.4 Å². The third-order valence-corrected chi connectivity index (χ3v) is 4.43. The molecule has 0 fully saturated rings. The van der Waals surface area contributed by atoms with Crippen molar-refractivity contribution in [2.75, 3.05) is 13.2 Å². The first-order valence-electron chi connectivity index (χ1n) is 8.92. The Morgan fingerprint density at radius 1 is 1.28 bits per heavy atom. The minimum atomic E-state index is -0.670. The molecule has 2 N–H and O–H groups in total. The number of nitrogens with zero attached hydrogens (tertiary/aromatic N) is 5. The monoisotopic (exact) mass is 394 g/mol. The Labute approximate surface area is 164 Å². The second-order valence-electron chi connectivity index (χ2n) is 6.28. The highest BCUT2D eigenvalue weighted by atomic mass is 16.5. The quantitative estimate of drug-likeness (QED) is 0.489. The van der Waals surface area contributed by atoms with Gasteiger partial charge in [0, 0.05) is 29.6 Å². The molecule has 1 aromatic carbocycles. The van der Waals surface area contributed by atoms with E-state index in [4.69, 9.17) is 4.74 Å².